The summed E-state index contributed by atoms with van der Waals surface area (Å²) in [6.07, 6.45) is 2.32. The molecule has 0 aromatic heterocycles. The molecule has 0 spiro atoms. The molecule has 1 amide bonds. The lowest BCUT2D eigenvalue weighted by molar-refractivity contribution is 0.0679. The van der Waals surface area contributed by atoms with Gasteiger partial charge in [-0.3, -0.25) is 4.79 Å². The topological polar surface area (TPSA) is 29.5 Å². The predicted octanol–water partition coefficient (Wildman–Crippen LogP) is 2.96. The van der Waals surface area contributed by atoms with Gasteiger partial charge in [0.25, 0.3) is 5.91 Å². The van der Waals surface area contributed by atoms with E-state index < -0.39 is 0 Å². The predicted molar refractivity (Wildman–Crippen MR) is 71.9 cm³/mol. The van der Waals surface area contributed by atoms with Crippen LogP contribution in [0.1, 0.15) is 37.0 Å². The van der Waals surface area contributed by atoms with Crippen molar-refractivity contribution in [2.75, 3.05) is 19.7 Å². The zero-order chi connectivity index (χ0) is 13.0. The molecule has 0 radical (unpaired) electrons. The number of rotatable bonds is 3. The standard InChI is InChI=1S/C15H21NO2/c1-3-18-14-9-5-4-8-13(14)15(17)16-10-6-7-12(2)11-16/h4-5,8-9,12H,3,6-7,10-11H2,1-2H3. The molecule has 0 aliphatic carbocycles. The fraction of sp³-hybridized carbons (Fsp3) is 0.533. The zero-order valence-corrected chi connectivity index (χ0v) is 11.2. The summed E-state index contributed by atoms with van der Waals surface area (Å²) in [5.74, 6) is 1.40. The minimum atomic E-state index is 0.102. The van der Waals surface area contributed by atoms with Crippen molar-refractivity contribution in [3.8, 4) is 5.75 Å². The average molecular weight is 247 g/mol. The van der Waals surface area contributed by atoms with Gasteiger partial charge in [-0.1, -0.05) is 19.1 Å². The third-order valence-corrected chi connectivity index (χ3v) is 3.36. The summed E-state index contributed by atoms with van der Waals surface area (Å²) in [5.41, 5.74) is 0.688. The van der Waals surface area contributed by atoms with Crippen molar-refractivity contribution in [3.05, 3.63) is 29.8 Å². The first-order chi connectivity index (χ1) is 8.72. The van der Waals surface area contributed by atoms with E-state index in [9.17, 15) is 4.79 Å². The van der Waals surface area contributed by atoms with E-state index in [1.807, 2.05) is 36.1 Å². The Labute approximate surface area is 109 Å². The normalized spacial score (nSPS) is 19.7. The molecule has 3 nitrogen and oxygen atoms in total. The second-order valence-electron chi connectivity index (χ2n) is 4.93. The van der Waals surface area contributed by atoms with Crippen LogP contribution in [0.3, 0.4) is 0 Å². The van der Waals surface area contributed by atoms with Gasteiger partial charge in [-0.15, -0.1) is 0 Å². The van der Waals surface area contributed by atoms with Crippen molar-refractivity contribution in [1.29, 1.82) is 0 Å². The number of para-hydroxylation sites is 1. The van der Waals surface area contributed by atoms with Crippen molar-refractivity contribution in [3.63, 3.8) is 0 Å². The van der Waals surface area contributed by atoms with Gasteiger partial charge in [-0.25, -0.2) is 0 Å². The molecular weight excluding hydrogens is 226 g/mol. The minimum Gasteiger partial charge on any atom is -0.493 e. The Hall–Kier alpha value is -1.51. The summed E-state index contributed by atoms with van der Waals surface area (Å²) >= 11 is 0. The molecule has 0 bridgehead atoms. The maximum atomic E-state index is 12.5. The van der Waals surface area contributed by atoms with E-state index in [4.69, 9.17) is 4.74 Å². The number of likely N-dealkylation sites (tertiary alicyclic amines) is 1. The van der Waals surface area contributed by atoms with Crippen molar-refractivity contribution in [1.82, 2.24) is 4.90 Å². The van der Waals surface area contributed by atoms with Crippen LogP contribution >= 0.6 is 0 Å². The summed E-state index contributed by atoms with van der Waals surface area (Å²) in [6.45, 7) is 6.45. The van der Waals surface area contributed by atoms with Crippen molar-refractivity contribution in [2.45, 2.75) is 26.7 Å². The molecule has 1 aliphatic heterocycles. The Kier molecular flexibility index (Phi) is 4.24. The van der Waals surface area contributed by atoms with E-state index in [0.717, 1.165) is 19.5 Å². The van der Waals surface area contributed by atoms with Crippen molar-refractivity contribution in [2.24, 2.45) is 5.92 Å². The van der Waals surface area contributed by atoms with Gasteiger partial charge in [0.05, 0.1) is 12.2 Å². The molecular formula is C15H21NO2. The highest BCUT2D eigenvalue weighted by Gasteiger charge is 2.23. The molecule has 2 rings (SSSR count). The summed E-state index contributed by atoms with van der Waals surface area (Å²) in [4.78, 5) is 14.4. The molecule has 98 valence electrons. The molecule has 1 saturated heterocycles. The number of benzene rings is 1. The molecule has 1 aromatic carbocycles. The minimum absolute atomic E-state index is 0.102. The maximum absolute atomic E-state index is 12.5. The monoisotopic (exact) mass is 247 g/mol. The van der Waals surface area contributed by atoms with Crippen LogP contribution in [0.25, 0.3) is 0 Å². The zero-order valence-electron chi connectivity index (χ0n) is 11.2. The van der Waals surface area contributed by atoms with E-state index in [1.54, 1.807) is 0 Å². The van der Waals surface area contributed by atoms with Crippen LogP contribution in [0.15, 0.2) is 24.3 Å². The van der Waals surface area contributed by atoms with E-state index >= 15 is 0 Å². The molecule has 0 saturated carbocycles. The van der Waals surface area contributed by atoms with Gasteiger partial charge in [0.1, 0.15) is 5.75 Å². The first-order valence-electron chi connectivity index (χ1n) is 6.73. The van der Waals surface area contributed by atoms with Crippen LogP contribution in [0.5, 0.6) is 5.75 Å². The third kappa shape index (κ3) is 2.84. The van der Waals surface area contributed by atoms with Crippen LogP contribution in [-0.4, -0.2) is 30.5 Å². The van der Waals surface area contributed by atoms with Gasteiger partial charge in [-0.2, -0.15) is 0 Å². The van der Waals surface area contributed by atoms with Gasteiger partial charge in [-0.05, 0) is 37.8 Å². The summed E-state index contributed by atoms with van der Waals surface area (Å²) < 4.78 is 5.53. The van der Waals surface area contributed by atoms with Crippen LogP contribution in [0.4, 0.5) is 0 Å². The highest BCUT2D eigenvalue weighted by Crippen LogP contribution is 2.23. The van der Waals surface area contributed by atoms with E-state index in [0.29, 0.717) is 23.8 Å². The number of carbonyl (C=O) groups is 1. The Morgan fingerprint density at radius 2 is 2.22 bits per heavy atom. The molecule has 1 atom stereocenters. The smallest absolute Gasteiger partial charge is 0.257 e. The van der Waals surface area contributed by atoms with E-state index in [2.05, 4.69) is 6.92 Å². The summed E-state index contributed by atoms with van der Waals surface area (Å²) in [6, 6.07) is 7.51. The summed E-state index contributed by atoms with van der Waals surface area (Å²) in [7, 11) is 0. The van der Waals surface area contributed by atoms with Crippen LogP contribution < -0.4 is 4.74 Å². The molecule has 1 heterocycles. The molecule has 1 unspecified atom stereocenters. The Morgan fingerprint density at radius 1 is 1.44 bits per heavy atom. The SMILES string of the molecule is CCOc1ccccc1C(=O)N1CCCC(C)C1. The number of hydrogen-bond donors (Lipinski definition) is 0. The number of carbonyl (C=O) groups excluding carboxylic acids is 1. The molecule has 3 heteroatoms. The van der Waals surface area contributed by atoms with Gasteiger partial charge >= 0.3 is 0 Å². The molecule has 1 aromatic rings. The lowest BCUT2D eigenvalue weighted by atomic mass is 9.99. The largest absolute Gasteiger partial charge is 0.493 e. The second kappa shape index (κ2) is 5.89. The van der Waals surface area contributed by atoms with E-state index in [-0.39, 0.29) is 5.91 Å². The van der Waals surface area contributed by atoms with Gasteiger partial charge in [0.2, 0.25) is 0 Å². The highest BCUT2D eigenvalue weighted by molar-refractivity contribution is 5.97. The van der Waals surface area contributed by atoms with Crippen molar-refractivity contribution < 1.29 is 9.53 Å². The molecule has 0 N–H and O–H groups in total. The number of amides is 1. The highest BCUT2D eigenvalue weighted by atomic mass is 16.5. The quantitative estimate of drug-likeness (QED) is 0.822. The van der Waals surface area contributed by atoms with Crippen molar-refractivity contribution >= 4 is 5.91 Å². The lowest BCUT2D eigenvalue weighted by Crippen LogP contribution is -2.39. The van der Waals surface area contributed by atoms with Gasteiger partial charge in [0.15, 0.2) is 0 Å². The Balaban J connectivity index is 2.17. The summed E-state index contributed by atoms with van der Waals surface area (Å²) in [5, 5.41) is 0. The van der Waals surface area contributed by atoms with Crippen LogP contribution in [-0.2, 0) is 0 Å². The van der Waals surface area contributed by atoms with Gasteiger partial charge < -0.3 is 9.64 Å². The molecule has 18 heavy (non-hydrogen) atoms. The van der Waals surface area contributed by atoms with Gasteiger partial charge in [0, 0.05) is 13.1 Å². The lowest BCUT2D eigenvalue weighted by Gasteiger charge is -2.31. The number of nitrogens with zero attached hydrogens (tertiary/aromatic N) is 1. The third-order valence-electron chi connectivity index (χ3n) is 3.36. The number of hydrogen-bond acceptors (Lipinski definition) is 2. The number of piperidine rings is 1. The Morgan fingerprint density at radius 3 is 2.94 bits per heavy atom. The molecule has 1 fully saturated rings. The fourth-order valence-electron chi connectivity index (χ4n) is 2.47. The first kappa shape index (κ1) is 12.9. The van der Waals surface area contributed by atoms with E-state index in [1.165, 1.54) is 6.42 Å². The maximum Gasteiger partial charge on any atom is 0.257 e. The Bertz CT molecular complexity index is 417. The fourth-order valence-corrected chi connectivity index (χ4v) is 2.47. The number of ether oxygens (including phenoxy) is 1. The second-order valence-corrected chi connectivity index (χ2v) is 4.93. The van der Waals surface area contributed by atoms with Crippen LogP contribution in [0.2, 0.25) is 0 Å². The first-order valence-corrected chi connectivity index (χ1v) is 6.73. The average Bonchev–Trinajstić information content (AvgIpc) is 2.39. The van der Waals surface area contributed by atoms with Crippen LogP contribution in [0, 0.1) is 5.92 Å². The molecule has 1 aliphatic rings.